The van der Waals surface area contributed by atoms with Crippen LogP contribution in [0.5, 0.6) is 0 Å². The zero-order chi connectivity index (χ0) is 16.4. The van der Waals surface area contributed by atoms with Crippen molar-refractivity contribution < 1.29 is 18.0 Å². The molecule has 1 aliphatic rings. The van der Waals surface area contributed by atoms with E-state index in [9.17, 15) is 18.0 Å². The summed E-state index contributed by atoms with van der Waals surface area (Å²) in [7, 11) is 0. The van der Waals surface area contributed by atoms with Crippen molar-refractivity contribution in [2.75, 3.05) is 0 Å². The highest BCUT2D eigenvalue weighted by Gasteiger charge is 2.46. The van der Waals surface area contributed by atoms with E-state index >= 15 is 0 Å². The molecule has 1 N–H and O–H groups in total. The molecule has 0 aliphatic heterocycles. The zero-order valence-corrected chi connectivity index (χ0v) is 12.4. The minimum atomic E-state index is -4.29. The third-order valence-corrected chi connectivity index (χ3v) is 4.39. The van der Waals surface area contributed by atoms with Gasteiger partial charge in [-0.25, -0.2) is 0 Å². The normalized spacial score (nSPS) is 22.0. The van der Waals surface area contributed by atoms with Crippen LogP contribution < -0.4 is 5.32 Å². The van der Waals surface area contributed by atoms with Gasteiger partial charge in [-0.1, -0.05) is 37.1 Å². The fourth-order valence-electron chi connectivity index (χ4n) is 3.23. The third kappa shape index (κ3) is 3.30. The van der Waals surface area contributed by atoms with Crippen molar-refractivity contribution in [3.05, 3.63) is 42.2 Å². The molecule has 1 heterocycles. The summed E-state index contributed by atoms with van der Waals surface area (Å²) in [6.07, 6.45) is -1.13. The summed E-state index contributed by atoms with van der Waals surface area (Å²) in [6, 6.07) is 8.10. The van der Waals surface area contributed by atoms with Gasteiger partial charge in [-0.05, 0) is 24.3 Å². The Labute approximate surface area is 131 Å². The second-order valence-electron chi connectivity index (χ2n) is 5.89. The molecular formula is C17H17F3N2O. The van der Waals surface area contributed by atoms with Crippen LogP contribution in [0.15, 0.2) is 36.5 Å². The molecule has 1 aliphatic carbocycles. The van der Waals surface area contributed by atoms with Crippen molar-refractivity contribution in [1.29, 1.82) is 0 Å². The van der Waals surface area contributed by atoms with Crippen LogP contribution in [0.2, 0.25) is 0 Å². The van der Waals surface area contributed by atoms with E-state index < -0.39 is 24.0 Å². The van der Waals surface area contributed by atoms with Crippen LogP contribution in [0.3, 0.4) is 0 Å². The Bertz CT molecular complexity index is 709. The van der Waals surface area contributed by atoms with E-state index in [0.29, 0.717) is 24.6 Å². The number of hydrogen-bond acceptors (Lipinski definition) is 2. The van der Waals surface area contributed by atoms with Gasteiger partial charge in [-0.3, -0.25) is 9.78 Å². The second kappa shape index (κ2) is 6.18. The number of halogens is 3. The molecule has 23 heavy (non-hydrogen) atoms. The molecule has 3 rings (SSSR count). The monoisotopic (exact) mass is 322 g/mol. The van der Waals surface area contributed by atoms with Crippen LogP contribution in [-0.2, 0) is 0 Å². The average Bonchev–Trinajstić information content (AvgIpc) is 2.54. The lowest BCUT2D eigenvalue weighted by Crippen LogP contribution is -2.47. The first kappa shape index (κ1) is 15.8. The Kier molecular flexibility index (Phi) is 4.24. The van der Waals surface area contributed by atoms with Crippen molar-refractivity contribution in [3.8, 4) is 0 Å². The fourth-order valence-corrected chi connectivity index (χ4v) is 3.23. The molecular weight excluding hydrogens is 305 g/mol. The van der Waals surface area contributed by atoms with Gasteiger partial charge < -0.3 is 5.32 Å². The maximum absolute atomic E-state index is 13.1. The summed E-state index contributed by atoms with van der Waals surface area (Å²) in [5.74, 6) is -2.02. The van der Waals surface area contributed by atoms with Gasteiger partial charge in [0, 0.05) is 17.6 Å². The predicted octanol–water partition coefficient (Wildman–Crippen LogP) is 4.09. The van der Waals surface area contributed by atoms with Crippen LogP contribution in [0.4, 0.5) is 13.2 Å². The second-order valence-corrected chi connectivity index (χ2v) is 5.89. The number of nitrogens with zero attached hydrogens (tertiary/aromatic N) is 1. The minimum absolute atomic E-state index is 0.0669. The standard InChI is InChI=1S/C17H17F3N2O/c18-17(19,20)13-7-3-4-8-14(13)22-16(23)15-12-6-2-1-5-11(12)9-10-21-15/h1-2,5-6,9-10,13-14H,3-4,7-8H2,(H,22,23)/t13-,14+/m0/s1. The predicted molar refractivity (Wildman–Crippen MR) is 81.0 cm³/mol. The van der Waals surface area contributed by atoms with E-state index in [1.807, 2.05) is 12.1 Å². The van der Waals surface area contributed by atoms with Crippen LogP contribution in [0.25, 0.3) is 10.8 Å². The summed E-state index contributed by atoms with van der Waals surface area (Å²) >= 11 is 0. The molecule has 2 atom stereocenters. The summed E-state index contributed by atoms with van der Waals surface area (Å²) in [5.41, 5.74) is 0.176. The number of benzene rings is 1. The van der Waals surface area contributed by atoms with Gasteiger partial charge in [0.05, 0.1) is 5.92 Å². The summed E-state index contributed by atoms with van der Waals surface area (Å²) in [4.78, 5) is 16.5. The number of nitrogens with one attached hydrogen (secondary N) is 1. The van der Waals surface area contributed by atoms with E-state index in [1.165, 1.54) is 6.20 Å². The van der Waals surface area contributed by atoms with Gasteiger partial charge in [0.2, 0.25) is 0 Å². The first-order valence-corrected chi connectivity index (χ1v) is 7.68. The smallest absolute Gasteiger partial charge is 0.347 e. The molecule has 1 fully saturated rings. The molecule has 6 heteroatoms. The van der Waals surface area contributed by atoms with Gasteiger partial charge in [0.15, 0.2) is 0 Å². The maximum atomic E-state index is 13.1. The first-order chi connectivity index (χ1) is 11.0. The molecule has 1 aromatic heterocycles. The highest BCUT2D eigenvalue weighted by Crippen LogP contribution is 2.37. The number of carbonyl (C=O) groups is 1. The number of fused-ring (bicyclic) bond motifs is 1. The Morgan fingerprint density at radius 1 is 1.13 bits per heavy atom. The number of amides is 1. The Morgan fingerprint density at radius 2 is 1.87 bits per heavy atom. The van der Waals surface area contributed by atoms with Crippen LogP contribution >= 0.6 is 0 Å². The largest absolute Gasteiger partial charge is 0.393 e. The topological polar surface area (TPSA) is 42.0 Å². The molecule has 1 saturated carbocycles. The molecule has 0 unspecified atom stereocenters. The van der Waals surface area contributed by atoms with Gasteiger partial charge in [-0.15, -0.1) is 0 Å². The third-order valence-electron chi connectivity index (χ3n) is 4.39. The average molecular weight is 322 g/mol. The molecule has 2 aromatic rings. The number of hydrogen-bond donors (Lipinski definition) is 1. The molecule has 1 aromatic carbocycles. The Morgan fingerprint density at radius 3 is 2.65 bits per heavy atom. The number of pyridine rings is 1. The van der Waals surface area contributed by atoms with Gasteiger partial charge in [0.25, 0.3) is 5.91 Å². The maximum Gasteiger partial charge on any atom is 0.393 e. The van der Waals surface area contributed by atoms with Crippen molar-refractivity contribution in [3.63, 3.8) is 0 Å². The van der Waals surface area contributed by atoms with Crippen molar-refractivity contribution >= 4 is 16.7 Å². The fraction of sp³-hybridized carbons (Fsp3) is 0.412. The van der Waals surface area contributed by atoms with E-state index in [-0.39, 0.29) is 12.1 Å². The Balaban J connectivity index is 1.85. The lowest BCUT2D eigenvalue weighted by Gasteiger charge is -2.33. The number of carbonyl (C=O) groups excluding carboxylic acids is 1. The van der Waals surface area contributed by atoms with E-state index in [0.717, 1.165) is 5.39 Å². The summed E-state index contributed by atoms with van der Waals surface area (Å²) in [6.45, 7) is 0. The van der Waals surface area contributed by atoms with Gasteiger partial charge >= 0.3 is 6.18 Å². The highest BCUT2D eigenvalue weighted by atomic mass is 19.4. The lowest BCUT2D eigenvalue weighted by molar-refractivity contribution is -0.187. The zero-order valence-electron chi connectivity index (χ0n) is 12.4. The number of alkyl halides is 3. The van der Waals surface area contributed by atoms with Crippen molar-refractivity contribution in [2.45, 2.75) is 37.9 Å². The number of aromatic nitrogens is 1. The first-order valence-electron chi connectivity index (χ1n) is 7.68. The van der Waals surface area contributed by atoms with Gasteiger partial charge in [-0.2, -0.15) is 13.2 Å². The van der Waals surface area contributed by atoms with E-state index in [1.54, 1.807) is 18.2 Å². The highest BCUT2D eigenvalue weighted by molar-refractivity contribution is 6.05. The molecule has 1 amide bonds. The van der Waals surface area contributed by atoms with Crippen LogP contribution in [0, 0.1) is 5.92 Å². The molecule has 0 bridgehead atoms. The summed E-state index contributed by atoms with van der Waals surface area (Å²) in [5, 5.41) is 4.04. The van der Waals surface area contributed by atoms with E-state index in [4.69, 9.17) is 0 Å². The quantitative estimate of drug-likeness (QED) is 0.905. The number of rotatable bonds is 2. The van der Waals surface area contributed by atoms with Crippen molar-refractivity contribution in [2.24, 2.45) is 5.92 Å². The molecule has 122 valence electrons. The Hall–Kier alpha value is -2.11. The SMILES string of the molecule is O=C(N[C@@H]1CCCC[C@@H]1C(F)(F)F)c1nccc2ccccc12. The lowest BCUT2D eigenvalue weighted by atomic mass is 9.84. The minimum Gasteiger partial charge on any atom is -0.347 e. The summed E-state index contributed by atoms with van der Waals surface area (Å²) < 4.78 is 39.4. The molecule has 0 spiro atoms. The molecule has 3 nitrogen and oxygen atoms in total. The van der Waals surface area contributed by atoms with Gasteiger partial charge in [0.1, 0.15) is 5.69 Å². The van der Waals surface area contributed by atoms with E-state index in [2.05, 4.69) is 10.3 Å². The van der Waals surface area contributed by atoms with Crippen LogP contribution in [-0.4, -0.2) is 23.1 Å². The van der Waals surface area contributed by atoms with Crippen LogP contribution in [0.1, 0.15) is 36.2 Å². The van der Waals surface area contributed by atoms with Crippen molar-refractivity contribution in [1.82, 2.24) is 10.3 Å². The molecule has 0 saturated heterocycles. The molecule has 0 radical (unpaired) electrons.